The van der Waals surface area contributed by atoms with Gasteiger partial charge in [-0.3, -0.25) is 9.89 Å². The third-order valence-corrected chi connectivity index (χ3v) is 3.87. The maximum atomic E-state index is 12.8. The maximum Gasteiger partial charge on any atom is 0.275 e. The molecule has 2 heterocycles. The van der Waals surface area contributed by atoms with Gasteiger partial charge in [0.1, 0.15) is 5.75 Å². The van der Waals surface area contributed by atoms with Crippen molar-refractivity contribution in [3.05, 3.63) is 39.8 Å². The van der Waals surface area contributed by atoms with E-state index in [1.807, 2.05) is 39.8 Å². The third-order valence-electron chi connectivity index (χ3n) is 3.87. The molecule has 0 unspecified atom stereocenters. The molecule has 7 heteroatoms. The lowest BCUT2D eigenvalue weighted by Crippen LogP contribution is -2.26. The zero-order valence-corrected chi connectivity index (χ0v) is 14.5. The van der Waals surface area contributed by atoms with E-state index in [0.717, 1.165) is 16.6 Å². The molecule has 3 rings (SSSR count). The zero-order chi connectivity index (χ0) is 17.4. The van der Waals surface area contributed by atoms with Gasteiger partial charge >= 0.3 is 0 Å². The standard InChI is InChI=1S/C17H21N5O2/c1-9(2)22-17(23)13-8-12(24-5)6-10(3)15(13)16(21-22)18-14-7-11(4)19-20-14/h6-9H,1-5H3,(H2,18,19,20,21). The molecule has 0 saturated heterocycles. The number of hydrogen-bond donors (Lipinski definition) is 2. The van der Waals surface area contributed by atoms with Crippen LogP contribution < -0.4 is 15.6 Å². The monoisotopic (exact) mass is 327 g/mol. The van der Waals surface area contributed by atoms with Crippen LogP contribution in [0.2, 0.25) is 0 Å². The van der Waals surface area contributed by atoms with Gasteiger partial charge < -0.3 is 10.1 Å². The Labute approximate surface area is 139 Å². The van der Waals surface area contributed by atoms with E-state index in [4.69, 9.17) is 4.74 Å². The smallest absolute Gasteiger partial charge is 0.275 e. The fourth-order valence-corrected chi connectivity index (χ4v) is 2.72. The van der Waals surface area contributed by atoms with Gasteiger partial charge in [-0.2, -0.15) is 10.2 Å². The fraction of sp³-hybridized carbons (Fsp3) is 0.353. The van der Waals surface area contributed by atoms with Crippen LogP contribution in [0, 0.1) is 13.8 Å². The molecule has 24 heavy (non-hydrogen) atoms. The van der Waals surface area contributed by atoms with Gasteiger partial charge in [-0.05, 0) is 45.4 Å². The van der Waals surface area contributed by atoms with E-state index in [2.05, 4.69) is 20.6 Å². The van der Waals surface area contributed by atoms with Crippen molar-refractivity contribution in [2.24, 2.45) is 0 Å². The van der Waals surface area contributed by atoms with Gasteiger partial charge in [-0.25, -0.2) is 4.68 Å². The summed E-state index contributed by atoms with van der Waals surface area (Å²) in [5.74, 6) is 1.91. The highest BCUT2D eigenvalue weighted by atomic mass is 16.5. The fourth-order valence-electron chi connectivity index (χ4n) is 2.72. The van der Waals surface area contributed by atoms with Crippen LogP contribution in [0.1, 0.15) is 31.1 Å². The van der Waals surface area contributed by atoms with Crippen molar-refractivity contribution in [1.29, 1.82) is 0 Å². The van der Waals surface area contributed by atoms with Crippen molar-refractivity contribution in [3.8, 4) is 5.75 Å². The number of anilines is 2. The summed E-state index contributed by atoms with van der Waals surface area (Å²) in [7, 11) is 1.59. The second-order valence-corrected chi connectivity index (χ2v) is 6.12. The minimum Gasteiger partial charge on any atom is -0.497 e. The number of aryl methyl sites for hydroxylation is 2. The number of aromatic amines is 1. The number of aromatic nitrogens is 4. The van der Waals surface area contributed by atoms with E-state index < -0.39 is 0 Å². The highest BCUT2D eigenvalue weighted by Gasteiger charge is 2.16. The van der Waals surface area contributed by atoms with E-state index in [-0.39, 0.29) is 11.6 Å². The summed E-state index contributed by atoms with van der Waals surface area (Å²) >= 11 is 0. The van der Waals surface area contributed by atoms with Crippen LogP contribution in [0.15, 0.2) is 23.0 Å². The number of H-pyrrole nitrogens is 1. The predicted octanol–water partition coefficient (Wildman–Crippen LogP) is 3.07. The molecule has 3 aromatic rings. The Morgan fingerprint density at radius 3 is 2.58 bits per heavy atom. The number of rotatable bonds is 4. The van der Waals surface area contributed by atoms with Gasteiger partial charge in [0.05, 0.1) is 18.5 Å². The molecule has 0 spiro atoms. The second-order valence-electron chi connectivity index (χ2n) is 6.12. The first-order valence-corrected chi connectivity index (χ1v) is 7.81. The van der Waals surface area contributed by atoms with Crippen molar-refractivity contribution < 1.29 is 4.74 Å². The van der Waals surface area contributed by atoms with Crippen molar-refractivity contribution in [3.63, 3.8) is 0 Å². The third kappa shape index (κ3) is 2.73. The Balaban J connectivity index is 2.30. The van der Waals surface area contributed by atoms with Crippen LogP contribution in [0.3, 0.4) is 0 Å². The molecule has 0 fully saturated rings. The Kier molecular flexibility index (Phi) is 4.01. The highest BCUT2D eigenvalue weighted by Crippen LogP contribution is 2.29. The van der Waals surface area contributed by atoms with Gasteiger partial charge in [-0.15, -0.1) is 0 Å². The maximum absolute atomic E-state index is 12.8. The lowest BCUT2D eigenvalue weighted by atomic mass is 10.1. The number of nitrogens with one attached hydrogen (secondary N) is 2. The molecular formula is C17H21N5O2. The van der Waals surface area contributed by atoms with Crippen LogP contribution in [0.5, 0.6) is 5.75 Å². The van der Waals surface area contributed by atoms with E-state index in [1.54, 1.807) is 13.2 Å². The first-order chi connectivity index (χ1) is 11.4. The van der Waals surface area contributed by atoms with E-state index in [9.17, 15) is 4.79 Å². The summed E-state index contributed by atoms with van der Waals surface area (Å²) < 4.78 is 6.79. The molecule has 0 atom stereocenters. The normalized spacial score (nSPS) is 11.2. The van der Waals surface area contributed by atoms with Crippen molar-refractivity contribution in [2.45, 2.75) is 33.7 Å². The highest BCUT2D eigenvalue weighted by molar-refractivity contribution is 5.95. The first-order valence-electron chi connectivity index (χ1n) is 7.81. The molecule has 0 bridgehead atoms. The lowest BCUT2D eigenvalue weighted by molar-refractivity contribution is 0.415. The molecule has 2 aromatic heterocycles. The molecule has 0 aliphatic heterocycles. The van der Waals surface area contributed by atoms with Crippen molar-refractivity contribution in [2.75, 3.05) is 12.4 Å². The first kappa shape index (κ1) is 16.0. The predicted molar refractivity (Wildman–Crippen MR) is 94.3 cm³/mol. The summed E-state index contributed by atoms with van der Waals surface area (Å²) in [5, 5.41) is 16.2. The van der Waals surface area contributed by atoms with E-state index in [1.165, 1.54) is 4.68 Å². The number of benzene rings is 1. The number of ether oxygens (including phenoxy) is 1. The van der Waals surface area contributed by atoms with Gasteiger partial charge in [0.15, 0.2) is 11.6 Å². The molecule has 1 aromatic carbocycles. The zero-order valence-electron chi connectivity index (χ0n) is 14.5. The SMILES string of the molecule is COc1cc(C)c2c(Nc3cc(C)[nH]n3)nn(C(C)C)c(=O)c2c1. The van der Waals surface area contributed by atoms with Gasteiger partial charge in [0, 0.05) is 17.1 Å². The number of nitrogens with zero attached hydrogens (tertiary/aromatic N) is 3. The number of fused-ring (bicyclic) bond motifs is 1. The van der Waals surface area contributed by atoms with Gasteiger partial charge in [0.25, 0.3) is 5.56 Å². The van der Waals surface area contributed by atoms with E-state index in [0.29, 0.717) is 22.8 Å². The molecule has 0 aliphatic rings. The summed E-state index contributed by atoms with van der Waals surface area (Å²) in [6.45, 7) is 7.72. The molecule has 0 aliphatic carbocycles. The van der Waals surface area contributed by atoms with Crippen LogP contribution >= 0.6 is 0 Å². The number of hydrogen-bond acceptors (Lipinski definition) is 5. The van der Waals surface area contributed by atoms with E-state index >= 15 is 0 Å². The summed E-state index contributed by atoms with van der Waals surface area (Å²) in [6, 6.07) is 5.47. The minimum atomic E-state index is -0.134. The van der Waals surface area contributed by atoms with Crippen molar-refractivity contribution in [1.82, 2.24) is 20.0 Å². The van der Waals surface area contributed by atoms with Crippen LogP contribution in [-0.2, 0) is 0 Å². The molecule has 0 saturated carbocycles. The average molecular weight is 327 g/mol. The van der Waals surface area contributed by atoms with Crippen LogP contribution in [-0.4, -0.2) is 27.1 Å². The minimum absolute atomic E-state index is 0.0603. The molecule has 0 radical (unpaired) electrons. The Morgan fingerprint density at radius 2 is 2.00 bits per heavy atom. The van der Waals surface area contributed by atoms with Crippen LogP contribution in [0.4, 0.5) is 11.6 Å². The van der Waals surface area contributed by atoms with Crippen molar-refractivity contribution >= 4 is 22.4 Å². The molecule has 126 valence electrons. The second kappa shape index (κ2) is 5.99. The summed E-state index contributed by atoms with van der Waals surface area (Å²) in [6.07, 6.45) is 0. The number of methoxy groups -OCH3 is 1. The molecular weight excluding hydrogens is 306 g/mol. The summed E-state index contributed by atoms with van der Waals surface area (Å²) in [4.78, 5) is 12.8. The van der Waals surface area contributed by atoms with Gasteiger partial charge in [-0.1, -0.05) is 0 Å². The molecule has 0 amide bonds. The summed E-state index contributed by atoms with van der Waals surface area (Å²) in [5.41, 5.74) is 1.72. The quantitative estimate of drug-likeness (QED) is 0.769. The largest absolute Gasteiger partial charge is 0.497 e. The van der Waals surface area contributed by atoms with Gasteiger partial charge in [0.2, 0.25) is 0 Å². The van der Waals surface area contributed by atoms with Crippen LogP contribution in [0.25, 0.3) is 10.8 Å². The Bertz CT molecular complexity index is 956. The average Bonchev–Trinajstić information content (AvgIpc) is 2.94. The Morgan fingerprint density at radius 1 is 1.25 bits per heavy atom. The Hall–Kier alpha value is -2.83. The molecule has 2 N–H and O–H groups in total. The lowest BCUT2D eigenvalue weighted by Gasteiger charge is -2.16. The molecule has 7 nitrogen and oxygen atoms in total. The topological polar surface area (TPSA) is 84.8 Å².